The molecule has 1 heterocycles. The van der Waals surface area contributed by atoms with Crippen LogP contribution in [0.3, 0.4) is 0 Å². The van der Waals surface area contributed by atoms with Crippen LogP contribution in [-0.4, -0.2) is 44.7 Å². The highest BCUT2D eigenvalue weighted by Gasteiger charge is 2.24. The molecular weight excluding hydrogens is 406 g/mol. The number of benzene rings is 2. The number of carbonyl (C=O) groups excluding carboxylic acids is 1. The van der Waals surface area contributed by atoms with E-state index in [9.17, 15) is 19.8 Å². The van der Waals surface area contributed by atoms with Crippen LogP contribution in [0.15, 0.2) is 42.5 Å². The summed E-state index contributed by atoms with van der Waals surface area (Å²) in [6.07, 6.45) is 1.26. The Kier molecular flexibility index (Phi) is 7.07. The van der Waals surface area contributed by atoms with E-state index >= 15 is 0 Å². The molecule has 2 aromatic carbocycles. The van der Waals surface area contributed by atoms with Gasteiger partial charge in [-0.05, 0) is 30.5 Å². The Hall–Kier alpha value is -2.90. The molecule has 0 saturated heterocycles. The first-order chi connectivity index (χ1) is 14.4. The third-order valence-electron chi connectivity index (χ3n) is 4.99. The highest BCUT2D eigenvalue weighted by Crippen LogP contribution is 2.24. The van der Waals surface area contributed by atoms with Crippen molar-refractivity contribution in [3.8, 4) is 0 Å². The number of hydrogen-bond acceptors (Lipinski definition) is 4. The van der Waals surface area contributed by atoms with Crippen molar-refractivity contribution in [1.82, 2.24) is 15.3 Å². The second kappa shape index (κ2) is 9.73. The summed E-state index contributed by atoms with van der Waals surface area (Å²) in [5.41, 5.74) is 2.59. The van der Waals surface area contributed by atoms with E-state index in [0.717, 1.165) is 11.4 Å². The summed E-state index contributed by atoms with van der Waals surface area (Å²) in [5.74, 6) is -1.66. The SMILES string of the molecule is CCc1nc2c(Cl)cc(C(=O)NC(Cc3ccccc3)CC(CO)C(=O)O)cc2[nH]1. The maximum absolute atomic E-state index is 12.9. The van der Waals surface area contributed by atoms with E-state index < -0.39 is 24.5 Å². The quantitative estimate of drug-likeness (QED) is 0.417. The van der Waals surface area contributed by atoms with Crippen molar-refractivity contribution in [2.24, 2.45) is 5.92 Å². The number of aliphatic carboxylic acids is 1. The van der Waals surface area contributed by atoms with E-state index in [1.807, 2.05) is 37.3 Å². The van der Waals surface area contributed by atoms with Crippen molar-refractivity contribution in [3.63, 3.8) is 0 Å². The zero-order chi connectivity index (χ0) is 21.7. The fourth-order valence-corrected chi connectivity index (χ4v) is 3.64. The Morgan fingerprint density at radius 1 is 1.23 bits per heavy atom. The van der Waals surface area contributed by atoms with Crippen molar-refractivity contribution in [1.29, 1.82) is 0 Å². The van der Waals surface area contributed by atoms with Gasteiger partial charge in [0.05, 0.1) is 23.1 Å². The lowest BCUT2D eigenvalue weighted by Gasteiger charge is -2.22. The van der Waals surface area contributed by atoms with E-state index in [1.165, 1.54) is 0 Å². The number of amides is 1. The van der Waals surface area contributed by atoms with Crippen LogP contribution >= 0.6 is 11.6 Å². The zero-order valence-corrected chi connectivity index (χ0v) is 17.3. The number of nitrogens with zero attached hydrogens (tertiary/aromatic N) is 1. The van der Waals surface area contributed by atoms with Gasteiger partial charge in [-0.25, -0.2) is 4.98 Å². The lowest BCUT2D eigenvalue weighted by Crippen LogP contribution is -2.39. The predicted molar refractivity (Wildman–Crippen MR) is 115 cm³/mol. The molecule has 7 nitrogen and oxygen atoms in total. The first-order valence-corrected chi connectivity index (χ1v) is 10.2. The smallest absolute Gasteiger partial charge is 0.308 e. The van der Waals surface area contributed by atoms with Crippen LogP contribution in [0.4, 0.5) is 0 Å². The lowest BCUT2D eigenvalue weighted by atomic mass is 9.95. The highest BCUT2D eigenvalue weighted by atomic mass is 35.5. The number of rotatable bonds is 9. The van der Waals surface area contributed by atoms with E-state index in [2.05, 4.69) is 15.3 Å². The number of aromatic amines is 1. The Morgan fingerprint density at radius 3 is 2.60 bits per heavy atom. The Labute approximate surface area is 179 Å². The first-order valence-electron chi connectivity index (χ1n) is 9.77. The molecule has 2 unspecified atom stereocenters. The van der Waals surface area contributed by atoms with Crippen LogP contribution < -0.4 is 5.32 Å². The molecule has 0 aliphatic carbocycles. The molecule has 2 atom stereocenters. The van der Waals surface area contributed by atoms with E-state index in [4.69, 9.17) is 11.6 Å². The van der Waals surface area contributed by atoms with Crippen LogP contribution in [0.2, 0.25) is 5.02 Å². The number of imidazole rings is 1. The molecule has 3 rings (SSSR count). The average molecular weight is 430 g/mol. The van der Waals surface area contributed by atoms with Crippen molar-refractivity contribution in [2.75, 3.05) is 6.61 Å². The number of H-pyrrole nitrogens is 1. The minimum Gasteiger partial charge on any atom is -0.481 e. The topological polar surface area (TPSA) is 115 Å². The number of halogens is 1. The molecular formula is C22H24ClN3O4. The van der Waals surface area contributed by atoms with Crippen LogP contribution in [-0.2, 0) is 17.6 Å². The summed E-state index contributed by atoms with van der Waals surface area (Å²) in [6, 6.07) is 12.2. The molecule has 0 fully saturated rings. The van der Waals surface area contributed by atoms with Crippen LogP contribution in [0.5, 0.6) is 0 Å². The zero-order valence-electron chi connectivity index (χ0n) is 16.6. The van der Waals surface area contributed by atoms with Crippen molar-refractivity contribution < 1.29 is 19.8 Å². The minimum atomic E-state index is -1.10. The molecule has 0 aliphatic heterocycles. The number of carboxylic acid groups (broad SMARTS) is 1. The van der Waals surface area contributed by atoms with Gasteiger partial charge >= 0.3 is 5.97 Å². The molecule has 3 aromatic rings. The summed E-state index contributed by atoms with van der Waals surface area (Å²) in [4.78, 5) is 31.9. The largest absolute Gasteiger partial charge is 0.481 e. The maximum atomic E-state index is 12.9. The molecule has 8 heteroatoms. The maximum Gasteiger partial charge on any atom is 0.308 e. The summed E-state index contributed by atoms with van der Waals surface area (Å²) in [7, 11) is 0. The average Bonchev–Trinajstić information content (AvgIpc) is 3.16. The number of aliphatic hydroxyl groups is 1. The third-order valence-corrected chi connectivity index (χ3v) is 5.27. The second-order valence-electron chi connectivity index (χ2n) is 7.20. The standard InChI is InChI=1S/C22H24ClN3O4/c1-2-19-25-18-11-14(10-17(23)20(18)26-19)21(28)24-16(9-15(12-27)22(29)30)8-13-6-4-3-5-7-13/h3-7,10-11,15-16,27H,2,8-9,12H2,1H3,(H,24,28)(H,25,26)(H,29,30). The molecule has 158 valence electrons. The number of aryl methyl sites for hydroxylation is 1. The molecule has 0 aliphatic rings. The van der Waals surface area contributed by atoms with Crippen LogP contribution in [0.25, 0.3) is 11.0 Å². The van der Waals surface area contributed by atoms with E-state index in [0.29, 0.717) is 34.5 Å². The molecule has 0 spiro atoms. The van der Waals surface area contributed by atoms with Gasteiger partial charge in [0.2, 0.25) is 0 Å². The van der Waals surface area contributed by atoms with Gasteiger partial charge < -0.3 is 20.5 Å². The molecule has 4 N–H and O–H groups in total. The number of carboxylic acids is 1. The second-order valence-corrected chi connectivity index (χ2v) is 7.61. The Morgan fingerprint density at radius 2 is 1.97 bits per heavy atom. The van der Waals surface area contributed by atoms with Gasteiger partial charge in [0.15, 0.2) is 0 Å². The van der Waals surface area contributed by atoms with Gasteiger partial charge in [-0.1, -0.05) is 48.9 Å². The highest BCUT2D eigenvalue weighted by molar-refractivity contribution is 6.35. The van der Waals surface area contributed by atoms with E-state index in [1.54, 1.807) is 12.1 Å². The summed E-state index contributed by atoms with van der Waals surface area (Å²) < 4.78 is 0. The molecule has 0 bridgehead atoms. The number of fused-ring (bicyclic) bond motifs is 1. The Bertz CT molecular complexity index is 1040. The van der Waals surface area contributed by atoms with Crippen molar-refractivity contribution >= 4 is 34.5 Å². The monoisotopic (exact) mass is 429 g/mol. The fraction of sp³-hybridized carbons (Fsp3) is 0.318. The van der Waals surface area contributed by atoms with E-state index in [-0.39, 0.29) is 12.3 Å². The summed E-state index contributed by atoms with van der Waals surface area (Å²) >= 11 is 6.32. The van der Waals surface area contributed by atoms with Gasteiger partial charge in [0.25, 0.3) is 5.91 Å². The summed E-state index contributed by atoms with van der Waals surface area (Å²) in [5, 5.41) is 22.0. The molecule has 1 amide bonds. The number of hydrogen-bond donors (Lipinski definition) is 4. The first kappa shape index (κ1) is 21.8. The third kappa shape index (κ3) is 5.17. The summed E-state index contributed by atoms with van der Waals surface area (Å²) in [6.45, 7) is 1.47. The predicted octanol–water partition coefficient (Wildman–Crippen LogP) is 3.20. The lowest BCUT2D eigenvalue weighted by molar-refractivity contribution is -0.143. The van der Waals surface area contributed by atoms with Gasteiger partial charge in [0.1, 0.15) is 11.3 Å². The number of aromatic nitrogens is 2. The fourth-order valence-electron chi connectivity index (χ4n) is 3.38. The molecule has 1 aromatic heterocycles. The molecule has 0 radical (unpaired) electrons. The van der Waals surface area contributed by atoms with Crippen LogP contribution in [0.1, 0.15) is 35.1 Å². The number of nitrogens with one attached hydrogen (secondary N) is 2. The normalized spacial score (nSPS) is 13.2. The van der Waals surface area contributed by atoms with Gasteiger partial charge in [-0.2, -0.15) is 0 Å². The molecule has 30 heavy (non-hydrogen) atoms. The number of aliphatic hydroxyl groups excluding tert-OH is 1. The number of carbonyl (C=O) groups is 2. The van der Waals surface area contributed by atoms with Gasteiger partial charge in [-0.15, -0.1) is 0 Å². The van der Waals surface area contributed by atoms with Crippen LogP contribution in [0, 0.1) is 5.92 Å². The minimum absolute atomic E-state index is 0.104. The van der Waals surface area contributed by atoms with Gasteiger partial charge in [0, 0.05) is 18.0 Å². The van der Waals surface area contributed by atoms with Gasteiger partial charge in [-0.3, -0.25) is 9.59 Å². The Balaban J connectivity index is 1.84. The van der Waals surface area contributed by atoms with Crippen molar-refractivity contribution in [3.05, 3.63) is 64.4 Å². The molecule has 0 saturated carbocycles. The van der Waals surface area contributed by atoms with Crippen molar-refractivity contribution in [2.45, 2.75) is 32.2 Å².